The second-order valence-electron chi connectivity index (χ2n) is 9.23. The highest BCUT2D eigenvalue weighted by atomic mass is 16.3. The Balaban J connectivity index is 1.55. The van der Waals surface area contributed by atoms with E-state index in [1.807, 2.05) is 12.1 Å². The molecule has 5 rings (SSSR count). The molecular formula is C25H28O2. The normalized spacial score (nSPS) is 34.6. The largest absolute Gasteiger partial charge is 0.508 e. The highest BCUT2D eigenvalue weighted by Gasteiger charge is 2.55. The van der Waals surface area contributed by atoms with E-state index in [4.69, 9.17) is 0 Å². The Morgan fingerprint density at radius 2 is 1.89 bits per heavy atom. The SMILES string of the molecule is C[C@]12CC[C@@H]3c4ccc(O)cc4[C@H](Cc4ccccc4)C[C@H]3[C@@H]1CCC2=O. The van der Waals surface area contributed by atoms with E-state index in [9.17, 15) is 9.90 Å². The lowest BCUT2D eigenvalue weighted by Gasteiger charge is -2.50. The summed E-state index contributed by atoms with van der Waals surface area (Å²) in [4.78, 5) is 12.6. The molecule has 2 nitrogen and oxygen atoms in total. The molecule has 5 atom stereocenters. The monoisotopic (exact) mass is 360 g/mol. The van der Waals surface area contributed by atoms with Crippen LogP contribution < -0.4 is 0 Å². The minimum absolute atomic E-state index is 0.0904. The number of hydrogen-bond acceptors (Lipinski definition) is 2. The van der Waals surface area contributed by atoms with Gasteiger partial charge in [-0.3, -0.25) is 4.79 Å². The van der Waals surface area contributed by atoms with Gasteiger partial charge in [0.15, 0.2) is 0 Å². The third-order valence-corrected chi connectivity index (χ3v) is 7.94. The Labute approximate surface area is 161 Å². The lowest BCUT2D eigenvalue weighted by atomic mass is 9.54. The summed E-state index contributed by atoms with van der Waals surface area (Å²) in [6.07, 6.45) is 6.14. The smallest absolute Gasteiger partial charge is 0.139 e. The fraction of sp³-hybridized carbons (Fsp3) is 0.480. The lowest BCUT2D eigenvalue weighted by molar-refractivity contribution is -0.129. The first-order chi connectivity index (χ1) is 13.1. The summed E-state index contributed by atoms with van der Waals surface area (Å²) in [7, 11) is 0. The summed E-state index contributed by atoms with van der Waals surface area (Å²) >= 11 is 0. The molecular weight excluding hydrogens is 332 g/mol. The summed E-state index contributed by atoms with van der Waals surface area (Å²) in [5.41, 5.74) is 4.04. The van der Waals surface area contributed by atoms with E-state index in [0.717, 1.165) is 38.5 Å². The average molecular weight is 360 g/mol. The molecule has 0 bridgehead atoms. The van der Waals surface area contributed by atoms with E-state index in [-0.39, 0.29) is 5.41 Å². The molecule has 2 saturated carbocycles. The van der Waals surface area contributed by atoms with Crippen LogP contribution in [0, 0.1) is 17.3 Å². The maximum Gasteiger partial charge on any atom is 0.139 e. The predicted molar refractivity (Wildman–Crippen MR) is 107 cm³/mol. The van der Waals surface area contributed by atoms with Gasteiger partial charge in [-0.25, -0.2) is 0 Å². The van der Waals surface area contributed by atoms with Crippen LogP contribution in [-0.4, -0.2) is 10.9 Å². The van der Waals surface area contributed by atoms with Crippen LogP contribution in [0.15, 0.2) is 48.5 Å². The van der Waals surface area contributed by atoms with Crippen molar-refractivity contribution in [3.05, 3.63) is 65.2 Å². The number of phenols is 1. The molecule has 0 heterocycles. The van der Waals surface area contributed by atoms with Crippen molar-refractivity contribution in [1.29, 1.82) is 0 Å². The zero-order chi connectivity index (χ0) is 18.6. The molecule has 2 fully saturated rings. The van der Waals surface area contributed by atoms with Crippen molar-refractivity contribution < 1.29 is 9.90 Å². The van der Waals surface area contributed by atoms with Crippen LogP contribution in [0.3, 0.4) is 0 Å². The Bertz CT molecular complexity index is 871. The van der Waals surface area contributed by atoms with Crippen molar-refractivity contribution in [2.75, 3.05) is 0 Å². The van der Waals surface area contributed by atoms with Crippen molar-refractivity contribution in [2.24, 2.45) is 17.3 Å². The maximum atomic E-state index is 12.6. The zero-order valence-electron chi connectivity index (χ0n) is 16.0. The maximum absolute atomic E-state index is 12.6. The van der Waals surface area contributed by atoms with Gasteiger partial charge in [-0.2, -0.15) is 0 Å². The minimum atomic E-state index is -0.0904. The van der Waals surface area contributed by atoms with Crippen LogP contribution in [0.2, 0.25) is 0 Å². The van der Waals surface area contributed by atoms with Crippen molar-refractivity contribution in [3.8, 4) is 5.75 Å². The van der Waals surface area contributed by atoms with Gasteiger partial charge in [0.25, 0.3) is 0 Å². The first-order valence-electron chi connectivity index (χ1n) is 10.5. The molecule has 0 radical (unpaired) electrons. The molecule has 140 valence electrons. The standard InChI is InChI=1S/C25H28O2/c1-25-12-11-20-19-8-7-18(26)15-21(19)17(13-16-5-3-2-4-6-16)14-22(20)23(25)9-10-24(25)27/h2-8,15,17,20,22-23,26H,9-14H2,1H3/t17-,20-,22-,23+,25+/m1/s1. The molecule has 27 heavy (non-hydrogen) atoms. The van der Waals surface area contributed by atoms with E-state index in [1.54, 1.807) is 0 Å². The van der Waals surface area contributed by atoms with Crippen molar-refractivity contribution in [1.82, 2.24) is 0 Å². The van der Waals surface area contributed by atoms with Gasteiger partial charge in [0.1, 0.15) is 11.5 Å². The Morgan fingerprint density at radius 3 is 2.70 bits per heavy atom. The number of benzene rings is 2. The molecule has 0 spiro atoms. The quantitative estimate of drug-likeness (QED) is 0.757. The number of aromatic hydroxyl groups is 1. The molecule has 2 aromatic rings. The third kappa shape index (κ3) is 2.64. The molecule has 1 N–H and O–H groups in total. The predicted octanol–water partition coefficient (Wildman–Crippen LogP) is 5.60. The Morgan fingerprint density at radius 1 is 1.07 bits per heavy atom. The summed E-state index contributed by atoms with van der Waals surface area (Å²) in [5, 5.41) is 10.1. The van der Waals surface area contributed by atoms with E-state index in [2.05, 4.69) is 43.3 Å². The first-order valence-corrected chi connectivity index (χ1v) is 10.5. The van der Waals surface area contributed by atoms with Crippen molar-refractivity contribution in [2.45, 2.75) is 57.3 Å². The molecule has 3 aliphatic rings. The topological polar surface area (TPSA) is 37.3 Å². The molecule has 0 aliphatic heterocycles. The van der Waals surface area contributed by atoms with E-state index >= 15 is 0 Å². The van der Waals surface area contributed by atoms with Gasteiger partial charge in [-0.1, -0.05) is 43.3 Å². The van der Waals surface area contributed by atoms with Crippen LogP contribution in [-0.2, 0) is 11.2 Å². The molecule has 2 heteroatoms. The number of hydrogen-bond donors (Lipinski definition) is 1. The van der Waals surface area contributed by atoms with Gasteiger partial charge < -0.3 is 5.11 Å². The molecule has 0 saturated heterocycles. The number of ketones is 1. The number of rotatable bonds is 2. The highest BCUT2D eigenvalue weighted by Crippen LogP contribution is 2.61. The van der Waals surface area contributed by atoms with E-state index < -0.39 is 0 Å². The molecule has 0 amide bonds. The van der Waals surface area contributed by atoms with Gasteiger partial charge in [0.2, 0.25) is 0 Å². The van der Waals surface area contributed by atoms with Gasteiger partial charge in [0, 0.05) is 11.8 Å². The number of Topliss-reactive ketones (excluding diaryl/α,β-unsaturated/α-hetero) is 1. The van der Waals surface area contributed by atoms with Crippen LogP contribution >= 0.6 is 0 Å². The van der Waals surface area contributed by atoms with Gasteiger partial charge in [-0.15, -0.1) is 0 Å². The van der Waals surface area contributed by atoms with E-state index in [0.29, 0.717) is 35.2 Å². The Kier molecular flexibility index (Phi) is 3.93. The molecule has 3 aliphatic carbocycles. The van der Waals surface area contributed by atoms with Gasteiger partial charge in [-0.05, 0) is 84.6 Å². The summed E-state index contributed by atoms with van der Waals surface area (Å²) < 4.78 is 0. The van der Waals surface area contributed by atoms with Gasteiger partial charge in [0.05, 0.1) is 0 Å². The summed E-state index contributed by atoms with van der Waals surface area (Å²) in [5.74, 6) is 2.99. The zero-order valence-corrected chi connectivity index (χ0v) is 16.0. The number of carbonyl (C=O) groups excluding carboxylic acids is 1. The second-order valence-corrected chi connectivity index (χ2v) is 9.23. The van der Waals surface area contributed by atoms with Gasteiger partial charge >= 0.3 is 0 Å². The number of phenolic OH excluding ortho intramolecular Hbond substituents is 1. The van der Waals surface area contributed by atoms with E-state index in [1.165, 1.54) is 16.7 Å². The Hall–Kier alpha value is -2.09. The molecule has 2 aromatic carbocycles. The molecule has 0 aromatic heterocycles. The number of carbonyl (C=O) groups is 1. The fourth-order valence-corrected chi connectivity index (χ4v) is 6.57. The van der Waals surface area contributed by atoms with Crippen LogP contribution in [0.4, 0.5) is 0 Å². The fourth-order valence-electron chi connectivity index (χ4n) is 6.57. The lowest BCUT2D eigenvalue weighted by Crippen LogP contribution is -2.43. The first kappa shape index (κ1) is 17.0. The minimum Gasteiger partial charge on any atom is -0.508 e. The van der Waals surface area contributed by atoms with Crippen LogP contribution in [0.5, 0.6) is 5.75 Å². The summed E-state index contributed by atoms with van der Waals surface area (Å²) in [6.45, 7) is 2.24. The molecule has 0 unspecified atom stereocenters. The second kappa shape index (κ2) is 6.22. The third-order valence-electron chi connectivity index (χ3n) is 7.94. The average Bonchev–Trinajstić information content (AvgIpc) is 2.98. The van der Waals surface area contributed by atoms with Crippen LogP contribution in [0.1, 0.15) is 67.6 Å². The van der Waals surface area contributed by atoms with Crippen LogP contribution in [0.25, 0.3) is 0 Å². The van der Waals surface area contributed by atoms with Crippen molar-refractivity contribution in [3.63, 3.8) is 0 Å². The van der Waals surface area contributed by atoms with Crippen molar-refractivity contribution >= 4 is 5.78 Å². The highest BCUT2D eigenvalue weighted by molar-refractivity contribution is 5.87. The summed E-state index contributed by atoms with van der Waals surface area (Å²) in [6, 6.07) is 16.7. The number of fused-ring (bicyclic) bond motifs is 5.